The summed E-state index contributed by atoms with van der Waals surface area (Å²) in [6.07, 6.45) is 1.49. The molecular weight excluding hydrogens is 338 g/mol. The fourth-order valence-electron chi connectivity index (χ4n) is 2.35. The number of aryl methyl sites for hydroxylation is 1. The van der Waals surface area contributed by atoms with Crippen LogP contribution in [0.25, 0.3) is 0 Å². The van der Waals surface area contributed by atoms with E-state index in [1.807, 2.05) is 24.3 Å². The van der Waals surface area contributed by atoms with Gasteiger partial charge in [0, 0.05) is 36.9 Å². The molecule has 1 saturated heterocycles. The van der Waals surface area contributed by atoms with Gasteiger partial charge in [0.2, 0.25) is 5.91 Å². The Labute approximate surface area is 131 Å². The summed E-state index contributed by atoms with van der Waals surface area (Å²) in [5, 5.41) is 12.1. The molecule has 0 saturated carbocycles. The standard InChI is InChI=1S/C15H18BrNO4/c16-12-4-1-11(2-5-12)3-6-13(18)17-15(14(19)20)7-9-21-10-8-15/h1-2,4-5H,3,6-10H2,(H,17,18)(H,19,20). The minimum Gasteiger partial charge on any atom is -0.480 e. The van der Waals surface area contributed by atoms with Crippen LogP contribution in [-0.4, -0.2) is 35.7 Å². The predicted octanol–water partition coefficient (Wildman–Crippen LogP) is 2.13. The number of benzene rings is 1. The third-order valence-corrected chi connectivity index (χ3v) is 4.22. The number of ether oxygens (including phenoxy) is 1. The van der Waals surface area contributed by atoms with Gasteiger partial charge in [0.05, 0.1) is 0 Å². The Morgan fingerprint density at radius 2 is 1.86 bits per heavy atom. The molecule has 0 atom stereocenters. The summed E-state index contributed by atoms with van der Waals surface area (Å²) < 4.78 is 6.17. The van der Waals surface area contributed by atoms with Crippen LogP contribution in [-0.2, 0) is 20.7 Å². The second kappa shape index (κ2) is 7.04. The molecule has 0 aliphatic carbocycles. The maximum atomic E-state index is 12.0. The molecule has 0 aromatic heterocycles. The lowest BCUT2D eigenvalue weighted by molar-refractivity contribution is -0.152. The molecule has 1 aliphatic heterocycles. The molecule has 1 aromatic carbocycles. The zero-order chi connectivity index (χ0) is 15.3. The van der Waals surface area contributed by atoms with E-state index < -0.39 is 11.5 Å². The Balaban J connectivity index is 1.90. The molecule has 0 radical (unpaired) electrons. The van der Waals surface area contributed by atoms with Crippen molar-refractivity contribution in [1.29, 1.82) is 0 Å². The lowest BCUT2D eigenvalue weighted by Crippen LogP contribution is -2.57. The number of carboxylic acids is 1. The van der Waals surface area contributed by atoms with E-state index in [0.717, 1.165) is 10.0 Å². The molecule has 1 amide bonds. The van der Waals surface area contributed by atoms with Crippen molar-refractivity contribution in [1.82, 2.24) is 5.32 Å². The smallest absolute Gasteiger partial charge is 0.329 e. The number of hydrogen-bond donors (Lipinski definition) is 2. The summed E-state index contributed by atoms with van der Waals surface area (Å²) in [5.74, 6) is -1.22. The van der Waals surface area contributed by atoms with Crippen LogP contribution in [0.1, 0.15) is 24.8 Å². The highest BCUT2D eigenvalue weighted by Gasteiger charge is 2.41. The van der Waals surface area contributed by atoms with E-state index in [0.29, 0.717) is 32.5 Å². The average Bonchev–Trinajstić information content (AvgIpc) is 2.47. The van der Waals surface area contributed by atoms with Crippen LogP contribution in [0.15, 0.2) is 28.7 Å². The van der Waals surface area contributed by atoms with Crippen LogP contribution in [0.2, 0.25) is 0 Å². The van der Waals surface area contributed by atoms with Crippen LogP contribution in [0.3, 0.4) is 0 Å². The normalized spacial score (nSPS) is 17.2. The first-order valence-corrected chi connectivity index (χ1v) is 7.68. The fraction of sp³-hybridized carbons (Fsp3) is 0.467. The van der Waals surface area contributed by atoms with E-state index in [-0.39, 0.29) is 12.3 Å². The van der Waals surface area contributed by atoms with E-state index in [4.69, 9.17) is 4.74 Å². The summed E-state index contributed by atoms with van der Waals surface area (Å²) >= 11 is 3.36. The third kappa shape index (κ3) is 4.28. The molecule has 2 N–H and O–H groups in total. The molecule has 0 spiro atoms. The van der Waals surface area contributed by atoms with E-state index in [1.165, 1.54) is 0 Å². The molecule has 114 valence electrons. The molecule has 1 aromatic rings. The van der Waals surface area contributed by atoms with Crippen LogP contribution in [0.5, 0.6) is 0 Å². The Kier molecular flexibility index (Phi) is 5.36. The van der Waals surface area contributed by atoms with E-state index in [1.54, 1.807) is 0 Å². The number of rotatable bonds is 5. The van der Waals surface area contributed by atoms with Gasteiger partial charge in [0.15, 0.2) is 0 Å². The summed E-state index contributed by atoms with van der Waals surface area (Å²) in [6.45, 7) is 0.721. The summed E-state index contributed by atoms with van der Waals surface area (Å²) in [5.41, 5.74) is -0.126. The van der Waals surface area contributed by atoms with Gasteiger partial charge in [-0.25, -0.2) is 4.79 Å². The summed E-state index contributed by atoms with van der Waals surface area (Å²) in [6, 6.07) is 7.73. The number of nitrogens with one attached hydrogen (secondary N) is 1. The second-order valence-corrected chi connectivity index (χ2v) is 6.09. The highest BCUT2D eigenvalue weighted by atomic mass is 79.9. The van der Waals surface area contributed by atoms with E-state index >= 15 is 0 Å². The zero-order valence-electron chi connectivity index (χ0n) is 11.6. The Bertz CT molecular complexity index is 509. The van der Waals surface area contributed by atoms with Crippen molar-refractivity contribution in [3.63, 3.8) is 0 Å². The van der Waals surface area contributed by atoms with Gasteiger partial charge in [0.1, 0.15) is 5.54 Å². The van der Waals surface area contributed by atoms with Crippen molar-refractivity contribution < 1.29 is 19.4 Å². The van der Waals surface area contributed by atoms with Gasteiger partial charge in [-0.1, -0.05) is 28.1 Å². The summed E-state index contributed by atoms with van der Waals surface area (Å²) in [7, 11) is 0. The quantitative estimate of drug-likeness (QED) is 0.848. The number of aliphatic carboxylic acids is 1. The first-order chi connectivity index (χ1) is 10.0. The highest BCUT2D eigenvalue weighted by molar-refractivity contribution is 9.10. The largest absolute Gasteiger partial charge is 0.480 e. The van der Waals surface area contributed by atoms with E-state index in [2.05, 4.69) is 21.2 Å². The minimum absolute atomic E-state index is 0.234. The van der Waals surface area contributed by atoms with Crippen LogP contribution < -0.4 is 5.32 Å². The van der Waals surface area contributed by atoms with Crippen molar-refractivity contribution >= 4 is 27.8 Å². The number of carbonyl (C=O) groups is 2. The molecule has 1 fully saturated rings. The van der Waals surface area contributed by atoms with Crippen molar-refractivity contribution in [3.05, 3.63) is 34.3 Å². The molecule has 5 nitrogen and oxygen atoms in total. The van der Waals surface area contributed by atoms with Crippen LogP contribution >= 0.6 is 15.9 Å². The molecule has 6 heteroatoms. The molecular formula is C15H18BrNO4. The van der Waals surface area contributed by atoms with Gasteiger partial charge in [-0.15, -0.1) is 0 Å². The van der Waals surface area contributed by atoms with Crippen molar-refractivity contribution in [2.75, 3.05) is 13.2 Å². The van der Waals surface area contributed by atoms with Gasteiger partial charge in [-0.2, -0.15) is 0 Å². The first-order valence-electron chi connectivity index (χ1n) is 6.88. The highest BCUT2D eigenvalue weighted by Crippen LogP contribution is 2.21. The molecule has 21 heavy (non-hydrogen) atoms. The number of hydrogen-bond acceptors (Lipinski definition) is 3. The van der Waals surface area contributed by atoms with Crippen molar-refractivity contribution in [3.8, 4) is 0 Å². The van der Waals surface area contributed by atoms with Crippen LogP contribution in [0, 0.1) is 0 Å². The summed E-state index contributed by atoms with van der Waals surface area (Å²) in [4.78, 5) is 23.5. The van der Waals surface area contributed by atoms with Gasteiger partial charge in [-0.3, -0.25) is 4.79 Å². The number of carboxylic acid groups (broad SMARTS) is 1. The molecule has 0 bridgehead atoms. The Morgan fingerprint density at radius 1 is 1.24 bits per heavy atom. The molecule has 1 heterocycles. The topological polar surface area (TPSA) is 75.6 Å². The molecule has 0 unspecified atom stereocenters. The van der Waals surface area contributed by atoms with Gasteiger partial charge < -0.3 is 15.2 Å². The predicted molar refractivity (Wildman–Crippen MR) is 81.0 cm³/mol. The van der Waals surface area contributed by atoms with Crippen molar-refractivity contribution in [2.24, 2.45) is 0 Å². The zero-order valence-corrected chi connectivity index (χ0v) is 13.2. The van der Waals surface area contributed by atoms with Crippen molar-refractivity contribution in [2.45, 2.75) is 31.2 Å². The molecule has 2 rings (SSSR count). The maximum absolute atomic E-state index is 12.0. The lowest BCUT2D eigenvalue weighted by atomic mass is 9.90. The monoisotopic (exact) mass is 355 g/mol. The van der Waals surface area contributed by atoms with Gasteiger partial charge in [0.25, 0.3) is 0 Å². The number of carbonyl (C=O) groups excluding carboxylic acids is 1. The van der Waals surface area contributed by atoms with E-state index in [9.17, 15) is 14.7 Å². The van der Waals surface area contributed by atoms with Gasteiger partial charge >= 0.3 is 5.97 Å². The lowest BCUT2D eigenvalue weighted by Gasteiger charge is -2.33. The molecule has 1 aliphatic rings. The third-order valence-electron chi connectivity index (χ3n) is 3.69. The fourth-order valence-corrected chi connectivity index (χ4v) is 2.61. The average molecular weight is 356 g/mol. The Morgan fingerprint density at radius 3 is 2.43 bits per heavy atom. The Hall–Kier alpha value is -1.40. The maximum Gasteiger partial charge on any atom is 0.329 e. The minimum atomic E-state index is -1.17. The first kappa shape index (κ1) is 16.0. The van der Waals surface area contributed by atoms with Gasteiger partial charge in [-0.05, 0) is 24.1 Å². The number of halogens is 1. The van der Waals surface area contributed by atoms with Crippen LogP contribution in [0.4, 0.5) is 0 Å². The number of amides is 1. The second-order valence-electron chi connectivity index (χ2n) is 5.17. The SMILES string of the molecule is O=C(CCc1ccc(Br)cc1)NC1(C(=O)O)CCOCC1.